The van der Waals surface area contributed by atoms with Crippen LogP contribution in [0.4, 0.5) is 0 Å². The minimum Gasteiger partial charge on any atom is -0.0622 e. The predicted octanol–water partition coefficient (Wildman–Crippen LogP) is 13.0. The van der Waals surface area contributed by atoms with Gasteiger partial charge in [0.15, 0.2) is 0 Å². The van der Waals surface area contributed by atoms with Gasteiger partial charge in [-0.2, -0.15) is 0 Å². The number of hydrogen-bond acceptors (Lipinski definition) is 0. The van der Waals surface area contributed by atoms with Crippen molar-refractivity contribution < 1.29 is 6.85 Å². The molecule has 0 spiro atoms. The van der Waals surface area contributed by atoms with Crippen LogP contribution >= 0.6 is 0 Å². The lowest BCUT2D eigenvalue weighted by molar-refractivity contribution is 1.61. The second-order valence-corrected chi connectivity index (χ2v) is 11.7. The molecule has 0 saturated heterocycles. The van der Waals surface area contributed by atoms with E-state index in [-0.39, 0.29) is 29.7 Å². The molecule has 9 rings (SSSR count). The van der Waals surface area contributed by atoms with Crippen LogP contribution in [0.25, 0.3) is 87.6 Å². The zero-order chi connectivity index (χ0) is 34.8. The third-order valence-corrected chi connectivity index (χ3v) is 9.13. The van der Waals surface area contributed by atoms with Crippen LogP contribution in [0.15, 0.2) is 182 Å². The van der Waals surface area contributed by atoms with E-state index < -0.39 is 6.04 Å². The number of rotatable bonds is 4. The van der Waals surface area contributed by atoms with Crippen LogP contribution in [0, 0.1) is 0 Å². The fraction of sp³-hybridized carbons (Fsp3) is 0. The fourth-order valence-electron chi connectivity index (χ4n) is 7.07. The SMILES string of the molecule is [2H]c1c([2H])c([2H])c(-c2c3ccccc3c(-c3cc(-c4ccc(-c5cccc6ccccc56)cc4)cc4ccccc34)c3ccccc23)c([2H])c1[2H]. The first-order valence-corrected chi connectivity index (χ1v) is 15.5. The summed E-state index contributed by atoms with van der Waals surface area (Å²) in [6.45, 7) is 0. The molecule has 0 bridgehead atoms. The number of fused-ring (bicyclic) bond motifs is 4. The minimum atomic E-state index is -0.396. The summed E-state index contributed by atoms with van der Waals surface area (Å²) < 4.78 is 43.0. The van der Waals surface area contributed by atoms with Crippen LogP contribution in [-0.2, 0) is 0 Å². The van der Waals surface area contributed by atoms with Gasteiger partial charge in [-0.1, -0.05) is 170 Å². The summed E-state index contributed by atoms with van der Waals surface area (Å²) in [6.07, 6.45) is 0. The molecule has 0 fully saturated rings. The highest BCUT2D eigenvalue weighted by molar-refractivity contribution is 6.23. The van der Waals surface area contributed by atoms with Crippen LogP contribution < -0.4 is 0 Å². The summed E-state index contributed by atoms with van der Waals surface area (Å²) in [6, 6.07) is 51.2. The van der Waals surface area contributed by atoms with Crippen LogP contribution in [0.5, 0.6) is 0 Å². The second-order valence-electron chi connectivity index (χ2n) is 11.7. The summed E-state index contributed by atoms with van der Waals surface area (Å²) in [5, 5.41) is 8.24. The molecule has 9 aromatic carbocycles. The zero-order valence-corrected chi connectivity index (χ0v) is 24.9. The maximum Gasteiger partial charge on any atom is 0.0629 e. The first-order chi connectivity index (χ1) is 24.9. The van der Waals surface area contributed by atoms with Crippen molar-refractivity contribution >= 4 is 43.1 Å². The summed E-state index contributed by atoms with van der Waals surface area (Å²) in [5.74, 6) is 0. The Kier molecular flexibility index (Phi) is 5.12. The Morgan fingerprint density at radius 2 is 0.804 bits per heavy atom. The van der Waals surface area contributed by atoms with E-state index in [4.69, 9.17) is 6.85 Å². The van der Waals surface area contributed by atoms with Gasteiger partial charge in [0.05, 0.1) is 6.85 Å². The fourth-order valence-corrected chi connectivity index (χ4v) is 7.07. The van der Waals surface area contributed by atoms with Crippen molar-refractivity contribution in [2.24, 2.45) is 0 Å². The molecule has 0 saturated carbocycles. The van der Waals surface area contributed by atoms with Crippen molar-refractivity contribution in [2.45, 2.75) is 0 Å². The van der Waals surface area contributed by atoms with Gasteiger partial charge in [-0.05, 0) is 99.7 Å². The van der Waals surface area contributed by atoms with Gasteiger partial charge in [-0.25, -0.2) is 0 Å². The van der Waals surface area contributed by atoms with Gasteiger partial charge in [0, 0.05) is 0 Å². The summed E-state index contributed by atoms with van der Waals surface area (Å²) >= 11 is 0. The van der Waals surface area contributed by atoms with Crippen molar-refractivity contribution in [1.82, 2.24) is 0 Å². The Morgan fingerprint density at radius 1 is 0.304 bits per heavy atom. The second kappa shape index (κ2) is 10.9. The number of hydrogen-bond donors (Lipinski definition) is 0. The molecule has 0 aromatic heterocycles. The van der Waals surface area contributed by atoms with Crippen molar-refractivity contribution in [3.05, 3.63) is 182 Å². The lowest BCUT2D eigenvalue weighted by Gasteiger charge is -2.19. The summed E-state index contributed by atoms with van der Waals surface area (Å²) in [5.41, 5.74) is 7.54. The van der Waals surface area contributed by atoms with Crippen LogP contribution in [0.1, 0.15) is 6.85 Å². The van der Waals surface area contributed by atoms with E-state index in [2.05, 4.69) is 115 Å². The van der Waals surface area contributed by atoms with E-state index in [9.17, 15) is 0 Å². The third kappa shape index (κ3) is 4.30. The molecule has 0 heterocycles. The van der Waals surface area contributed by atoms with Gasteiger partial charge in [-0.15, -0.1) is 0 Å². The Labute approximate surface area is 275 Å². The highest BCUT2D eigenvalue weighted by Gasteiger charge is 2.18. The van der Waals surface area contributed by atoms with Crippen molar-refractivity contribution in [3.8, 4) is 44.5 Å². The van der Waals surface area contributed by atoms with Crippen molar-refractivity contribution in [3.63, 3.8) is 0 Å². The summed E-state index contributed by atoms with van der Waals surface area (Å²) in [7, 11) is 0. The third-order valence-electron chi connectivity index (χ3n) is 9.13. The lowest BCUT2D eigenvalue weighted by atomic mass is 9.84. The van der Waals surface area contributed by atoms with Gasteiger partial charge in [0.1, 0.15) is 0 Å². The normalized spacial score (nSPS) is 13.0. The van der Waals surface area contributed by atoms with Gasteiger partial charge in [0.2, 0.25) is 0 Å². The first kappa shape index (κ1) is 21.7. The molecule has 214 valence electrons. The smallest absolute Gasteiger partial charge is 0.0622 e. The highest BCUT2D eigenvalue weighted by Crippen LogP contribution is 2.46. The molecule has 46 heavy (non-hydrogen) atoms. The molecule has 0 amide bonds. The van der Waals surface area contributed by atoms with E-state index >= 15 is 0 Å². The van der Waals surface area contributed by atoms with Crippen LogP contribution in [0.2, 0.25) is 0 Å². The van der Waals surface area contributed by atoms with Crippen molar-refractivity contribution in [1.29, 1.82) is 0 Å². The molecule has 0 aliphatic carbocycles. The maximum atomic E-state index is 8.91. The molecule has 0 heteroatoms. The average molecular weight is 588 g/mol. The first-order valence-electron chi connectivity index (χ1n) is 18.0. The Morgan fingerprint density at radius 3 is 1.46 bits per heavy atom. The molecule has 0 nitrogen and oxygen atoms in total. The van der Waals surface area contributed by atoms with E-state index in [1.54, 1.807) is 0 Å². The quantitative estimate of drug-likeness (QED) is 0.180. The van der Waals surface area contributed by atoms with Gasteiger partial charge < -0.3 is 0 Å². The molecule has 0 atom stereocenters. The molecular formula is C46H30. The average Bonchev–Trinajstić information content (AvgIpc) is 3.18. The monoisotopic (exact) mass is 587 g/mol. The molecule has 0 unspecified atom stereocenters. The van der Waals surface area contributed by atoms with E-state index in [1.165, 1.54) is 16.3 Å². The van der Waals surface area contributed by atoms with E-state index in [0.29, 0.717) is 5.56 Å². The molecular weight excluding hydrogens is 553 g/mol. The molecule has 0 aliphatic heterocycles. The van der Waals surface area contributed by atoms with Crippen LogP contribution in [0.3, 0.4) is 0 Å². The minimum absolute atomic E-state index is 0.205. The van der Waals surface area contributed by atoms with Crippen molar-refractivity contribution in [2.75, 3.05) is 0 Å². The highest BCUT2D eigenvalue weighted by atomic mass is 14.2. The maximum absolute atomic E-state index is 8.91. The molecule has 0 aliphatic rings. The topological polar surface area (TPSA) is 0 Å². The lowest BCUT2D eigenvalue weighted by Crippen LogP contribution is -1.92. The van der Waals surface area contributed by atoms with E-state index in [1.807, 2.05) is 36.4 Å². The van der Waals surface area contributed by atoms with Gasteiger partial charge >= 0.3 is 0 Å². The van der Waals surface area contributed by atoms with Crippen LogP contribution in [-0.4, -0.2) is 0 Å². The largest absolute Gasteiger partial charge is 0.0629 e. The Balaban J connectivity index is 1.30. The molecule has 9 aromatic rings. The Hall–Kier alpha value is -5.98. The predicted molar refractivity (Wildman–Crippen MR) is 198 cm³/mol. The van der Waals surface area contributed by atoms with E-state index in [0.717, 1.165) is 60.1 Å². The van der Waals surface area contributed by atoms with Gasteiger partial charge in [0.25, 0.3) is 0 Å². The Bertz CT molecular complexity index is 2760. The standard InChI is InChI=1S/C46H30/c1-2-14-34(15-3-1)45-40-20-8-10-22-42(40)46(43-23-11-9-21-41(43)45)44-30-36(29-35-16-5-7-19-39(35)44)31-25-27-33(28-26-31)38-24-12-17-32-13-4-6-18-37(32)38/h1-30H/i1D,2D,3D,14D,15D. The zero-order valence-electron chi connectivity index (χ0n) is 29.9. The summed E-state index contributed by atoms with van der Waals surface area (Å²) in [4.78, 5) is 0. The number of benzene rings is 9. The van der Waals surface area contributed by atoms with Gasteiger partial charge in [-0.3, -0.25) is 0 Å². The molecule has 0 N–H and O–H groups in total. The molecule has 0 radical (unpaired) electrons.